The van der Waals surface area contributed by atoms with Crippen LogP contribution in [-0.2, 0) is 0 Å². The standard InChI is InChI=1S/C12H12Br2N4O/c1-15-11-10(14)12(17-6-16-11)18-7-3-4-8(13)9(5-7)19-2/h3-6H,1-2H3,(H2,15,16,17,18). The number of aromatic nitrogens is 2. The van der Waals surface area contributed by atoms with E-state index in [0.717, 1.165) is 26.2 Å². The van der Waals surface area contributed by atoms with Gasteiger partial charge < -0.3 is 15.4 Å². The third-order valence-corrected chi connectivity index (χ3v) is 3.85. The second-order valence-corrected chi connectivity index (χ2v) is 5.26. The lowest BCUT2D eigenvalue weighted by molar-refractivity contribution is 0.412. The van der Waals surface area contributed by atoms with Gasteiger partial charge in [0.1, 0.15) is 28.2 Å². The minimum atomic E-state index is 0.684. The first-order valence-corrected chi connectivity index (χ1v) is 7.03. The van der Waals surface area contributed by atoms with Crippen LogP contribution in [-0.4, -0.2) is 24.1 Å². The number of anilines is 3. The van der Waals surface area contributed by atoms with Crippen molar-refractivity contribution in [2.45, 2.75) is 0 Å². The van der Waals surface area contributed by atoms with Crippen molar-refractivity contribution in [2.75, 3.05) is 24.8 Å². The van der Waals surface area contributed by atoms with E-state index in [1.54, 1.807) is 14.2 Å². The predicted octanol–water partition coefficient (Wildman–Crippen LogP) is 3.80. The number of rotatable bonds is 4. The van der Waals surface area contributed by atoms with Gasteiger partial charge in [0.2, 0.25) is 0 Å². The van der Waals surface area contributed by atoms with Gasteiger partial charge in [-0.25, -0.2) is 9.97 Å². The van der Waals surface area contributed by atoms with E-state index in [4.69, 9.17) is 4.74 Å². The van der Waals surface area contributed by atoms with Gasteiger partial charge >= 0.3 is 0 Å². The van der Waals surface area contributed by atoms with Crippen molar-refractivity contribution < 1.29 is 4.74 Å². The van der Waals surface area contributed by atoms with Crippen molar-refractivity contribution in [3.63, 3.8) is 0 Å². The Labute approximate surface area is 128 Å². The third-order valence-electron chi connectivity index (χ3n) is 2.44. The molecule has 2 rings (SSSR count). The Morgan fingerprint density at radius 1 is 1.16 bits per heavy atom. The smallest absolute Gasteiger partial charge is 0.150 e. The molecule has 0 saturated carbocycles. The molecule has 0 amide bonds. The molecule has 0 atom stereocenters. The van der Waals surface area contributed by atoms with Gasteiger partial charge in [-0.1, -0.05) is 0 Å². The van der Waals surface area contributed by atoms with Crippen molar-refractivity contribution in [3.05, 3.63) is 33.5 Å². The minimum absolute atomic E-state index is 0.684. The molecule has 0 radical (unpaired) electrons. The topological polar surface area (TPSA) is 59.1 Å². The molecule has 0 saturated heterocycles. The van der Waals surface area contributed by atoms with Crippen molar-refractivity contribution >= 4 is 49.2 Å². The molecule has 2 aromatic rings. The maximum Gasteiger partial charge on any atom is 0.150 e. The Bertz CT molecular complexity index is 592. The van der Waals surface area contributed by atoms with Gasteiger partial charge in [0, 0.05) is 18.8 Å². The second kappa shape index (κ2) is 6.21. The molecule has 0 fully saturated rings. The molecule has 1 heterocycles. The van der Waals surface area contributed by atoms with Crippen LogP contribution in [0.4, 0.5) is 17.3 Å². The highest BCUT2D eigenvalue weighted by molar-refractivity contribution is 9.11. The van der Waals surface area contributed by atoms with Gasteiger partial charge in [-0.2, -0.15) is 0 Å². The number of ether oxygens (including phenoxy) is 1. The molecule has 0 aliphatic heterocycles. The largest absolute Gasteiger partial charge is 0.495 e. The van der Waals surface area contributed by atoms with Crippen LogP contribution in [0.1, 0.15) is 0 Å². The first-order chi connectivity index (χ1) is 9.15. The quantitative estimate of drug-likeness (QED) is 0.835. The van der Waals surface area contributed by atoms with Gasteiger partial charge in [-0.3, -0.25) is 0 Å². The number of benzene rings is 1. The van der Waals surface area contributed by atoms with Crippen LogP contribution in [0.15, 0.2) is 33.5 Å². The Morgan fingerprint density at radius 2 is 1.89 bits per heavy atom. The fourth-order valence-electron chi connectivity index (χ4n) is 1.51. The van der Waals surface area contributed by atoms with E-state index in [2.05, 4.69) is 52.5 Å². The molecular formula is C12H12Br2N4O. The number of halogens is 2. The van der Waals surface area contributed by atoms with Crippen LogP contribution in [0, 0.1) is 0 Å². The highest BCUT2D eigenvalue weighted by Gasteiger charge is 2.08. The Balaban J connectivity index is 2.31. The summed E-state index contributed by atoms with van der Waals surface area (Å²) in [6, 6.07) is 5.73. The van der Waals surface area contributed by atoms with E-state index in [9.17, 15) is 0 Å². The van der Waals surface area contributed by atoms with Crippen molar-refractivity contribution in [2.24, 2.45) is 0 Å². The van der Waals surface area contributed by atoms with E-state index < -0.39 is 0 Å². The fourth-order valence-corrected chi connectivity index (χ4v) is 2.42. The van der Waals surface area contributed by atoms with Gasteiger partial charge in [0.15, 0.2) is 0 Å². The number of hydrogen-bond acceptors (Lipinski definition) is 5. The van der Waals surface area contributed by atoms with E-state index in [1.165, 1.54) is 6.33 Å². The summed E-state index contributed by atoms with van der Waals surface area (Å²) in [5.41, 5.74) is 0.876. The molecule has 0 spiro atoms. The summed E-state index contributed by atoms with van der Waals surface area (Å²) >= 11 is 6.87. The summed E-state index contributed by atoms with van der Waals surface area (Å²) in [5.74, 6) is 2.16. The maximum absolute atomic E-state index is 5.25. The van der Waals surface area contributed by atoms with Crippen LogP contribution in [0.5, 0.6) is 5.75 Å². The van der Waals surface area contributed by atoms with Crippen LogP contribution in [0.3, 0.4) is 0 Å². The summed E-state index contributed by atoms with van der Waals surface area (Å²) in [6.45, 7) is 0. The predicted molar refractivity (Wildman–Crippen MR) is 83.3 cm³/mol. The highest BCUT2D eigenvalue weighted by Crippen LogP contribution is 2.32. The van der Waals surface area contributed by atoms with Crippen molar-refractivity contribution in [3.8, 4) is 5.75 Å². The average molecular weight is 388 g/mol. The molecule has 0 aliphatic rings. The van der Waals surface area contributed by atoms with Gasteiger partial charge in [-0.05, 0) is 44.0 Å². The van der Waals surface area contributed by atoms with E-state index >= 15 is 0 Å². The summed E-state index contributed by atoms with van der Waals surface area (Å²) in [6.07, 6.45) is 1.50. The third kappa shape index (κ3) is 3.16. The summed E-state index contributed by atoms with van der Waals surface area (Å²) in [4.78, 5) is 8.30. The fraction of sp³-hybridized carbons (Fsp3) is 0.167. The first kappa shape index (κ1) is 14.1. The number of hydrogen-bond donors (Lipinski definition) is 2. The monoisotopic (exact) mass is 386 g/mol. The molecule has 1 aromatic heterocycles. The zero-order valence-electron chi connectivity index (χ0n) is 10.4. The van der Waals surface area contributed by atoms with Crippen molar-refractivity contribution in [1.29, 1.82) is 0 Å². The Morgan fingerprint density at radius 3 is 2.58 bits per heavy atom. The highest BCUT2D eigenvalue weighted by atomic mass is 79.9. The molecule has 0 unspecified atom stereocenters. The molecule has 7 heteroatoms. The van der Waals surface area contributed by atoms with Crippen LogP contribution >= 0.6 is 31.9 Å². The lowest BCUT2D eigenvalue weighted by atomic mass is 10.3. The van der Waals surface area contributed by atoms with E-state index in [0.29, 0.717) is 5.82 Å². The second-order valence-electron chi connectivity index (χ2n) is 3.61. The number of nitrogens with one attached hydrogen (secondary N) is 2. The zero-order chi connectivity index (χ0) is 13.8. The van der Waals surface area contributed by atoms with Gasteiger partial charge in [-0.15, -0.1) is 0 Å². The lowest BCUT2D eigenvalue weighted by Gasteiger charge is -2.11. The minimum Gasteiger partial charge on any atom is -0.495 e. The zero-order valence-corrected chi connectivity index (χ0v) is 13.5. The molecule has 1 aromatic carbocycles. The van der Waals surface area contributed by atoms with Gasteiger partial charge in [0.25, 0.3) is 0 Å². The molecular weight excluding hydrogens is 376 g/mol. The van der Waals surface area contributed by atoms with E-state index in [-0.39, 0.29) is 0 Å². The van der Waals surface area contributed by atoms with Crippen LogP contribution in [0.2, 0.25) is 0 Å². The number of nitrogens with zero attached hydrogens (tertiary/aromatic N) is 2. The molecule has 2 N–H and O–H groups in total. The molecule has 5 nitrogen and oxygen atoms in total. The van der Waals surface area contributed by atoms with Crippen molar-refractivity contribution in [1.82, 2.24) is 9.97 Å². The normalized spacial score (nSPS) is 10.1. The maximum atomic E-state index is 5.25. The number of methoxy groups -OCH3 is 1. The first-order valence-electron chi connectivity index (χ1n) is 5.44. The molecule has 19 heavy (non-hydrogen) atoms. The summed E-state index contributed by atoms with van der Waals surface area (Å²) < 4.78 is 6.93. The van der Waals surface area contributed by atoms with Crippen LogP contribution < -0.4 is 15.4 Å². The average Bonchev–Trinajstić information content (AvgIpc) is 2.43. The summed E-state index contributed by atoms with van der Waals surface area (Å²) in [5, 5.41) is 6.19. The molecule has 0 aliphatic carbocycles. The summed E-state index contributed by atoms with van der Waals surface area (Å²) in [7, 11) is 3.43. The Kier molecular flexibility index (Phi) is 4.60. The lowest BCUT2D eigenvalue weighted by Crippen LogP contribution is -2.00. The van der Waals surface area contributed by atoms with Gasteiger partial charge in [0.05, 0.1) is 11.6 Å². The SMILES string of the molecule is CNc1ncnc(Nc2ccc(Br)c(OC)c2)c1Br. The van der Waals surface area contributed by atoms with Crippen LogP contribution in [0.25, 0.3) is 0 Å². The molecule has 100 valence electrons. The van der Waals surface area contributed by atoms with E-state index in [1.807, 2.05) is 18.2 Å². The Hall–Kier alpha value is -1.34. The molecule has 0 bridgehead atoms.